The SMILES string of the molecule is C=Cc1ccc(CCCCN(C)C)cc1. The van der Waals surface area contributed by atoms with Gasteiger partial charge < -0.3 is 4.90 Å². The van der Waals surface area contributed by atoms with E-state index in [1.54, 1.807) is 0 Å². The first-order valence-electron chi connectivity index (χ1n) is 5.58. The summed E-state index contributed by atoms with van der Waals surface area (Å²) < 4.78 is 0. The Morgan fingerprint density at radius 1 is 1.13 bits per heavy atom. The molecule has 0 N–H and O–H groups in total. The molecule has 82 valence electrons. The summed E-state index contributed by atoms with van der Waals surface area (Å²) in [5.41, 5.74) is 2.63. The molecule has 0 saturated carbocycles. The molecule has 0 atom stereocenters. The molecule has 1 heteroatoms. The number of aryl methyl sites for hydroxylation is 1. The summed E-state index contributed by atoms with van der Waals surface area (Å²) in [7, 11) is 4.25. The zero-order valence-electron chi connectivity index (χ0n) is 9.87. The molecular weight excluding hydrogens is 182 g/mol. The lowest BCUT2D eigenvalue weighted by molar-refractivity contribution is 0.394. The minimum atomic E-state index is 1.19. The predicted octanol–water partition coefficient (Wildman–Crippen LogP) is 3.21. The Morgan fingerprint density at radius 2 is 1.80 bits per heavy atom. The summed E-state index contributed by atoms with van der Waals surface area (Å²) in [6, 6.07) is 8.67. The smallest absolute Gasteiger partial charge is 0.00247 e. The van der Waals surface area contributed by atoms with Gasteiger partial charge in [-0.05, 0) is 51.0 Å². The standard InChI is InChI=1S/C14H21N/c1-4-13-8-10-14(11-9-13)7-5-6-12-15(2)3/h4,8-11H,1,5-7,12H2,2-3H3. The van der Waals surface area contributed by atoms with Crippen LogP contribution in [0.1, 0.15) is 24.0 Å². The summed E-state index contributed by atoms with van der Waals surface area (Å²) in [6.45, 7) is 4.94. The normalized spacial score (nSPS) is 10.6. The number of hydrogen-bond donors (Lipinski definition) is 0. The topological polar surface area (TPSA) is 3.24 Å². The van der Waals surface area contributed by atoms with Gasteiger partial charge in [0.25, 0.3) is 0 Å². The van der Waals surface area contributed by atoms with Crippen LogP contribution in [0.4, 0.5) is 0 Å². The van der Waals surface area contributed by atoms with Gasteiger partial charge in [-0.1, -0.05) is 36.9 Å². The highest BCUT2D eigenvalue weighted by Gasteiger charge is 1.94. The molecule has 0 saturated heterocycles. The third kappa shape index (κ3) is 4.80. The molecule has 0 aliphatic carbocycles. The third-order valence-electron chi connectivity index (χ3n) is 2.54. The highest BCUT2D eigenvalue weighted by Crippen LogP contribution is 2.08. The molecule has 0 aliphatic rings. The van der Waals surface area contributed by atoms with Crippen LogP contribution < -0.4 is 0 Å². The molecule has 1 aromatic carbocycles. The van der Waals surface area contributed by atoms with Crippen molar-refractivity contribution in [1.29, 1.82) is 0 Å². The molecule has 0 heterocycles. The first-order chi connectivity index (χ1) is 7.22. The van der Waals surface area contributed by atoms with Gasteiger partial charge in [0.15, 0.2) is 0 Å². The average Bonchev–Trinajstić information content (AvgIpc) is 2.25. The van der Waals surface area contributed by atoms with Crippen molar-refractivity contribution >= 4 is 6.08 Å². The van der Waals surface area contributed by atoms with Gasteiger partial charge in [-0.3, -0.25) is 0 Å². The van der Waals surface area contributed by atoms with Crippen LogP contribution in [0.5, 0.6) is 0 Å². The number of hydrogen-bond acceptors (Lipinski definition) is 1. The minimum absolute atomic E-state index is 1.19. The van der Waals surface area contributed by atoms with Crippen molar-refractivity contribution in [3.63, 3.8) is 0 Å². The quantitative estimate of drug-likeness (QED) is 0.642. The van der Waals surface area contributed by atoms with Gasteiger partial charge in [0.2, 0.25) is 0 Å². The van der Waals surface area contributed by atoms with E-state index in [1.165, 1.54) is 36.9 Å². The maximum atomic E-state index is 3.75. The first-order valence-corrected chi connectivity index (χ1v) is 5.58. The molecule has 0 amide bonds. The van der Waals surface area contributed by atoms with E-state index in [4.69, 9.17) is 0 Å². The molecule has 0 spiro atoms. The van der Waals surface area contributed by atoms with Gasteiger partial charge >= 0.3 is 0 Å². The number of nitrogens with zero attached hydrogens (tertiary/aromatic N) is 1. The fourth-order valence-corrected chi connectivity index (χ4v) is 1.58. The summed E-state index contributed by atoms with van der Waals surface area (Å²) >= 11 is 0. The van der Waals surface area contributed by atoms with E-state index >= 15 is 0 Å². The van der Waals surface area contributed by atoms with Crippen LogP contribution in [0.2, 0.25) is 0 Å². The van der Waals surface area contributed by atoms with Crippen LogP contribution in [0.25, 0.3) is 6.08 Å². The van der Waals surface area contributed by atoms with Gasteiger partial charge in [0.1, 0.15) is 0 Å². The van der Waals surface area contributed by atoms with E-state index in [-0.39, 0.29) is 0 Å². The second-order valence-electron chi connectivity index (χ2n) is 4.21. The van der Waals surface area contributed by atoms with Crippen molar-refractivity contribution in [3.05, 3.63) is 42.0 Å². The Hall–Kier alpha value is -1.08. The van der Waals surface area contributed by atoms with Gasteiger partial charge in [0.05, 0.1) is 0 Å². The minimum Gasteiger partial charge on any atom is -0.309 e. The maximum Gasteiger partial charge on any atom is -0.00247 e. The van der Waals surface area contributed by atoms with Crippen molar-refractivity contribution in [2.45, 2.75) is 19.3 Å². The highest BCUT2D eigenvalue weighted by atomic mass is 15.0. The van der Waals surface area contributed by atoms with E-state index in [2.05, 4.69) is 49.8 Å². The average molecular weight is 203 g/mol. The zero-order valence-corrected chi connectivity index (χ0v) is 9.87. The van der Waals surface area contributed by atoms with E-state index in [0.717, 1.165) is 0 Å². The van der Waals surface area contributed by atoms with Crippen LogP contribution in [-0.4, -0.2) is 25.5 Å². The van der Waals surface area contributed by atoms with Crippen molar-refractivity contribution in [2.24, 2.45) is 0 Å². The largest absolute Gasteiger partial charge is 0.309 e. The summed E-state index contributed by atoms with van der Waals surface area (Å²) in [5, 5.41) is 0. The third-order valence-corrected chi connectivity index (χ3v) is 2.54. The molecule has 0 bridgehead atoms. The lowest BCUT2D eigenvalue weighted by atomic mass is 10.1. The van der Waals surface area contributed by atoms with Crippen LogP contribution in [0.15, 0.2) is 30.8 Å². The summed E-state index contributed by atoms with van der Waals surface area (Å²) in [5.74, 6) is 0. The molecule has 15 heavy (non-hydrogen) atoms. The molecule has 0 aliphatic heterocycles. The zero-order chi connectivity index (χ0) is 11.1. The lowest BCUT2D eigenvalue weighted by Crippen LogP contribution is -2.12. The Kier molecular flexibility index (Phi) is 5.13. The lowest BCUT2D eigenvalue weighted by Gasteiger charge is -2.08. The molecule has 1 rings (SSSR count). The number of benzene rings is 1. The van der Waals surface area contributed by atoms with Crippen LogP contribution in [-0.2, 0) is 6.42 Å². The monoisotopic (exact) mass is 203 g/mol. The molecule has 0 fully saturated rings. The second kappa shape index (κ2) is 6.41. The van der Waals surface area contributed by atoms with E-state index < -0.39 is 0 Å². The van der Waals surface area contributed by atoms with Crippen molar-refractivity contribution < 1.29 is 0 Å². The van der Waals surface area contributed by atoms with E-state index in [0.29, 0.717) is 0 Å². The highest BCUT2D eigenvalue weighted by molar-refractivity contribution is 5.47. The number of rotatable bonds is 6. The molecule has 0 unspecified atom stereocenters. The van der Waals surface area contributed by atoms with Gasteiger partial charge in [0, 0.05) is 0 Å². The molecule has 0 aromatic heterocycles. The Bertz CT molecular complexity index is 285. The Balaban J connectivity index is 2.28. The Labute approximate surface area is 93.4 Å². The Morgan fingerprint density at radius 3 is 2.33 bits per heavy atom. The van der Waals surface area contributed by atoms with Crippen LogP contribution in [0, 0.1) is 0 Å². The van der Waals surface area contributed by atoms with Crippen molar-refractivity contribution in [3.8, 4) is 0 Å². The second-order valence-corrected chi connectivity index (χ2v) is 4.21. The van der Waals surface area contributed by atoms with E-state index in [9.17, 15) is 0 Å². The van der Waals surface area contributed by atoms with E-state index in [1.807, 2.05) is 6.08 Å². The maximum absolute atomic E-state index is 3.75. The van der Waals surface area contributed by atoms with Crippen molar-refractivity contribution in [2.75, 3.05) is 20.6 Å². The molecule has 1 nitrogen and oxygen atoms in total. The van der Waals surface area contributed by atoms with Gasteiger partial charge in [-0.25, -0.2) is 0 Å². The van der Waals surface area contributed by atoms with Crippen LogP contribution >= 0.6 is 0 Å². The molecule has 0 radical (unpaired) electrons. The molecule has 1 aromatic rings. The van der Waals surface area contributed by atoms with Crippen molar-refractivity contribution in [1.82, 2.24) is 4.90 Å². The first kappa shape index (κ1) is 12.0. The molecular formula is C14H21N. The van der Waals surface area contributed by atoms with Crippen LogP contribution in [0.3, 0.4) is 0 Å². The van der Waals surface area contributed by atoms with Gasteiger partial charge in [-0.2, -0.15) is 0 Å². The summed E-state index contributed by atoms with van der Waals surface area (Å²) in [6.07, 6.45) is 5.61. The number of unbranched alkanes of at least 4 members (excludes halogenated alkanes) is 1. The fourth-order valence-electron chi connectivity index (χ4n) is 1.58. The fraction of sp³-hybridized carbons (Fsp3) is 0.429. The summed E-state index contributed by atoms with van der Waals surface area (Å²) in [4.78, 5) is 2.24. The predicted molar refractivity (Wildman–Crippen MR) is 68.0 cm³/mol. The van der Waals surface area contributed by atoms with Gasteiger partial charge in [-0.15, -0.1) is 0 Å².